The Kier molecular flexibility index (Phi) is 5.15. The fraction of sp³-hybridized carbons (Fsp3) is 0.667. The van der Waals surface area contributed by atoms with Gasteiger partial charge in [0.1, 0.15) is 5.75 Å². The lowest BCUT2D eigenvalue weighted by Crippen LogP contribution is -2.21. The molecule has 21 heavy (non-hydrogen) atoms. The lowest BCUT2D eigenvalue weighted by Gasteiger charge is -2.17. The lowest BCUT2D eigenvalue weighted by molar-refractivity contribution is 0.152. The van der Waals surface area contributed by atoms with Crippen molar-refractivity contribution in [2.45, 2.75) is 44.8 Å². The van der Waals surface area contributed by atoms with Crippen LogP contribution in [0.15, 0.2) is 24.3 Å². The second kappa shape index (κ2) is 7.28. The van der Waals surface area contributed by atoms with Crippen molar-refractivity contribution in [3.05, 3.63) is 29.8 Å². The van der Waals surface area contributed by atoms with E-state index < -0.39 is 0 Å². The maximum atomic E-state index is 6.02. The van der Waals surface area contributed by atoms with Crippen LogP contribution in [0.25, 0.3) is 0 Å². The van der Waals surface area contributed by atoms with Crippen LogP contribution in [-0.4, -0.2) is 37.8 Å². The average Bonchev–Trinajstić information content (AvgIpc) is 3.14. The van der Waals surface area contributed by atoms with Gasteiger partial charge in [0, 0.05) is 20.2 Å². The number of hydrogen-bond acceptors (Lipinski definition) is 3. The van der Waals surface area contributed by atoms with Crippen molar-refractivity contribution in [1.29, 1.82) is 0 Å². The third-order valence-electron chi connectivity index (χ3n) is 4.71. The van der Waals surface area contributed by atoms with E-state index in [9.17, 15) is 0 Å². The smallest absolute Gasteiger partial charge is 0.119 e. The van der Waals surface area contributed by atoms with Crippen LogP contribution in [0.1, 0.15) is 37.7 Å². The van der Waals surface area contributed by atoms with Crippen LogP contribution in [-0.2, 0) is 11.3 Å². The largest absolute Gasteiger partial charge is 0.490 e. The summed E-state index contributed by atoms with van der Waals surface area (Å²) in [5, 5.41) is 0. The highest BCUT2D eigenvalue weighted by Crippen LogP contribution is 2.25. The van der Waals surface area contributed by atoms with E-state index in [2.05, 4.69) is 29.2 Å². The number of likely N-dealkylation sites (tertiary alicyclic amines) is 1. The maximum absolute atomic E-state index is 6.02. The maximum Gasteiger partial charge on any atom is 0.119 e. The molecular weight excluding hydrogens is 262 g/mol. The van der Waals surface area contributed by atoms with E-state index in [0.29, 0.717) is 12.0 Å². The van der Waals surface area contributed by atoms with Gasteiger partial charge in [-0.3, -0.25) is 4.90 Å². The minimum absolute atomic E-state index is 0.448. The average molecular weight is 289 g/mol. The molecule has 1 aliphatic heterocycles. The zero-order chi connectivity index (χ0) is 14.5. The van der Waals surface area contributed by atoms with E-state index in [4.69, 9.17) is 9.47 Å². The van der Waals surface area contributed by atoms with Gasteiger partial charge in [0.15, 0.2) is 0 Å². The summed E-state index contributed by atoms with van der Waals surface area (Å²) in [6, 6.07) is 8.70. The standard InChI is InChI=1S/C18H27NO2/c1-20-14-16-10-11-19(13-16)12-15-6-8-18(9-7-15)21-17-4-2-3-5-17/h6-9,16-17H,2-5,10-14H2,1H3. The molecule has 1 saturated carbocycles. The normalized spacial score (nSPS) is 23.8. The van der Waals surface area contributed by atoms with Gasteiger partial charge in [0.05, 0.1) is 12.7 Å². The summed E-state index contributed by atoms with van der Waals surface area (Å²) in [7, 11) is 1.80. The van der Waals surface area contributed by atoms with E-state index in [-0.39, 0.29) is 0 Å². The van der Waals surface area contributed by atoms with Crippen LogP contribution in [0.2, 0.25) is 0 Å². The molecule has 1 unspecified atom stereocenters. The molecule has 0 amide bonds. The van der Waals surface area contributed by atoms with E-state index >= 15 is 0 Å². The Morgan fingerprint density at radius 1 is 1.10 bits per heavy atom. The quantitative estimate of drug-likeness (QED) is 0.800. The molecule has 3 nitrogen and oxygen atoms in total. The minimum atomic E-state index is 0.448. The first-order chi connectivity index (χ1) is 10.3. The summed E-state index contributed by atoms with van der Waals surface area (Å²) >= 11 is 0. The fourth-order valence-electron chi connectivity index (χ4n) is 3.56. The zero-order valence-corrected chi connectivity index (χ0v) is 13.1. The van der Waals surface area contributed by atoms with Gasteiger partial charge in [-0.15, -0.1) is 0 Å². The molecule has 3 heteroatoms. The third-order valence-corrected chi connectivity index (χ3v) is 4.71. The summed E-state index contributed by atoms with van der Waals surface area (Å²) in [5.41, 5.74) is 1.38. The van der Waals surface area contributed by atoms with Crippen LogP contribution in [0.3, 0.4) is 0 Å². The summed E-state index contributed by atoms with van der Waals surface area (Å²) < 4.78 is 11.3. The van der Waals surface area contributed by atoms with E-state index in [1.807, 2.05) is 0 Å². The van der Waals surface area contributed by atoms with Crippen molar-refractivity contribution >= 4 is 0 Å². The first-order valence-corrected chi connectivity index (χ1v) is 8.30. The van der Waals surface area contributed by atoms with Crippen molar-refractivity contribution in [3.8, 4) is 5.75 Å². The van der Waals surface area contributed by atoms with Gasteiger partial charge in [-0.1, -0.05) is 12.1 Å². The first kappa shape index (κ1) is 14.9. The second-order valence-electron chi connectivity index (χ2n) is 6.51. The highest BCUT2D eigenvalue weighted by Gasteiger charge is 2.22. The SMILES string of the molecule is COCC1CCN(Cc2ccc(OC3CCCC3)cc2)C1. The van der Waals surface area contributed by atoms with Crippen LogP contribution < -0.4 is 4.74 Å². The monoisotopic (exact) mass is 289 g/mol. The van der Waals surface area contributed by atoms with Gasteiger partial charge in [-0.05, 0) is 62.3 Å². The van der Waals surface area contributed by atoms with Gasteiger partial charge < -0.3 is 9.47 Å². The highest BCUT2D eigenvalue weighted by molar-refractivity contribution is 5.27. The molecule has 1 aromatic rings. The Hall–Kier alpha value is -1.06. The highest BCUT2D eigenvalue weighted by atomic mass is 16.5. The van der Waals surface area contributed by atoms with Gasteiger partial charge in [0.25, 0.3) is 0 Å². The third kappa shape index (κ3) is 4.21. The zero-order valence-electron chi connectivity index (χ0n) is 13.1. The Morgan fingerprint density at radius 3 is 2.57 bits per heavy atom. The molecule has 116 valence electrons. The Balaban J connectivity index is 1.48. The summed E-state index contributed by atoms with van der Waals surface area (Å²) in [6.45, 7) is 4.29. The minimum Gasteiger partial charge on any atom is -0.490 e. The summed E-state index contributed by atoms with van der Waals surface area (Å²) in [6.07, 6.45) is 6.79. The molecule has 0 radical (unpaired) electrons. The first-order valence-electron chi connectivity index (χ1n) is 8.30. The molecule has 2 aliphatic rings. The van der Waals surface area contributed by atoms with Crippen LogP contribution in [0.4, 0.5) is 0 Å². The van der Waals surface area contributed by atoms with Gasteiger partial charge in [-0.2, -0.15) is 0 Å². The molecule has 0 N–H and O–H groups in total. The topological polar surface area (TPSA) is 21.7 Å². The van der Waals surface area contributed by atoms with Crippen molar-refractivity contribution in [3.63, 3.8) is 0 Å². The molecule has 1 aliphatic carbocycles. The molecule has 2 fully saturated rings. The second-order valence-corrected chi connectivity index (χ2v) is 6.51. The number of ether oxygens (including phenoxy) is 2. The molecule has 1 atom stereocenters. The van der Waals surface area contributed by atoms with Crippen LogP contribution >= 0.6 is 0 Å². The van der Waals surface area contributed by atoms with Crippen LogP contribution in [0, 0.1) is 5.92 Å². The number of methoxy groups -OCH3 is 1. The van der Waals surface area contributed by atoms with E-state index in [1.54, 1.807) is 7.11 Å². The van der Waals surface area contributed by atoms with Gasteiger partial charge >= 0.3 is 0 Å². The number of hydrogen-bond donors (Lipinski definition) is 0. The van der Waals surface area contributed by atoms with Crippen molar-refractivity contribution in [2.24, 2.45) is 5.92 Å². The van der Waals surface area contributed by atoms with Crippen LogP contribution in [0.5, 0.6) is 5.75 Å². The fourth-order valence-corrected chi connectivity index (χ4v) is 3.56. The predicted octanol–water partition coefficient (Wildman–Crippen LogP) is 3.48. The van der Waals surface area contributed by atoms with Crippen molar-refractivity contribution < 1.29 is 9.47 Å². The summed E-state index contributed by atoms with van der Waals surface area (Å²) in [5.74, 6) is 1.74. The van der Waals surface area contributed by atoms with Crippen molar-refractivity contribution in [2.75, 3.05) is 26.8 Å². The number of rotatable bonds is 6. The molecule has 0 bridgehead atoms. The number of nitrogens with zero attached hydrogens (tertiary/aromatic N) is 1. The molecule has 3 rings (SSSR count). The molecular formula is C18H27NO2. The Bertz CT molecular complexity index is 425. The van der Waals surface area contributed by atoms with Gasteiger partial charge in [0.2, 0.25) is 0 Å². The molecule has 0 aromatic heterocycles. The Morgan fingerprint density at radius 2 is 1.86 bits per heavy atom. The molecule has 1 aromatic carbocycles. The Labute approximate surface area is 128 Å². The van der Waals surface area contributed by atoms with Crippen molar-refractivity contribution in [1.82, 2.24) is 4.90 Å². The van der Waals surface area contributed by atoms with E-state index in [0.717, 1.165) is 25.4 Å². The summed E-state index contributed by atoms with van der Waals surface area (Å²) in [4.78, 5) is 2.52. The molecule has 1 saturated heterocycles. The molecule has 0 spiro atoms. The predicted molar refractivity (Wildman–Crippen MR) is 84.6 cm³/mol. The van der Waals surface area contributed by atoms with Gasteiger partial charge in [-0.25, -0.2) is 0 Å². The lowest BCUT2D eigenvalue weighted by atomic mass is 10.1. The number of benzene rings is 1. The molecule has 1 heterocycles. The van der Waals surface area contributed by atoms with E-state index in [1.165, 1.54) is 44.2 Å².